The van der Waals surface area contributed by atoms with E-state index in [9.17, 15) is 37.1 Å². The fraction of sp³-hybridized carbons (Fsp3) is 0.490. The number of aromatic nitrogens is 3. The molecule has 0 spiro atoms. The summed E-state index contributed by atoms with van der Waals surface area (Å²) >= 11 is 0. The molecule has 2 aromatic heterocycles. The first-order valence-corrected chi connectivity index (χ1v) is 24.0. The Hall–Kier alpha value is -6.23. The second kappa shape index (κ2) is 24.2. The largest absolute Gasteiger partial charge is 0.416 e. The number of likely N-dealkylation sites (N-methyl/N-ethyl adjacent to an activating group) is 1. The van der Waals surface area contributed by atoms with E-state index in [1.165, 1.54) is 31.4 Å². The lowest BCUT2D eigenvalue weighted by molar-refractivity contribution is -0.140. The third-order valence-electron chi connectivity index (χ3n) is 12.9. The van der Waals surface area contributed by atoms with Gasteiger partial charge in [0.05, 0.1) is 17.1 Å². The zero-order valence-electron chi connectivity index (χ0n) is 39.4. The number of aryl methyl sites for hydroxylation is 1. The summed E-state index contributed by atoms with van der Waals surface area (Å²) in [5.41, 5.74) is 7.88. The Morgan fingerprint density at radius 3 is 2.22 bits per heavy atom. The predicted molar refractivity (Wildman–Crippen MR) is 257 cm³/mol. The monoisotopic (exact) mass is 942 g/mol. The molecule has 17 heteroatoms. The Morgan fingerprint density at radius 1 is 0.838 bits per heavy atom. The van der Waals surface area contributed by atoms with Gasteiger partial charge in [0.25, 0.3) is 5.91 Å². The molecule has 3 aromatic carbocycles. The van der Waals surface area contributed by atoms with E-state index in [0.29, 0.717) is 68.3 Å². The third-order valence-corrected chi connectivity index (χ3v) is 12.9. The molecule has 14 nitrogen and oxygen atoms in total. The van der Waals surface area contributed by atoms with Gasteiger partial charge in [-0.05, 0) is 113 Å². The van der Waals surface area contributed by atoms with Crippen LogP contribution in [0.5, 0.6) is 0 Å². The first-order valence-electron chi connectivity index (χ1n) is 24.0. The number of primary amides is 1. The highest BCUT2D eigenvalue weighted by Gasteiger charge is 2.37. The first-order chi connectivity index (χ1) is 32.6. The van der Waals surface area contributed by atoms with Gasteiger partial charge in [0.2, 0.25) is 23.6 Å². The van der Waals surface area contributed by atoms with Gasteiger partial charge in [-0.3, -0.25) is 33.2 Å². The van der Waals surface area contributed by atoms with Crippen molar-refractivity contribution in [3.8, 4) is 5.69 Å². The zero-order valence-corrected chi connectivity index (χ0v) is 39.4. The second-order valence-electron chi connectivity index (χ2n) is 18.0. The highest BCUT2D eigenvalue weighted by molar-refractivity contribution is 6.10. The molecule has 3 heterocycles. The molecule has 2 aliphatic rings. The van der Waals surface area contributed by atoms with Crippen LogP contribution in [0.1, 0.15) is 112 Å². The minimum Gasteiger partial charge on any atom is -0.368 e. The number of nitrogens with zero attached hydrogens (tertiary/aromatic N) is 4. The molecule has 3 unspecified atom stereocenters. The van der Waals surface area contributed by atoms with Crippen LogP contribution in [0, 0.1) is 5.92 Å². The second-order valence-corrected chi connectivity index (χ2v) is 18.0. The highest BCUT2D eigenvalue weighted by Crippen LogP contribution is 2.34. The first kappa shape index (κ1) is 51.2. The Balaban J connectivity index is 0.000000230. The van der Waals surface area contributed by atoms with Crippen molar-refractivity contribution >= 4 is 51.5 Å². The topological polar surface area (TPSA) is 185 Å². The van der Waals surface area contributed by atoms with Crippen molar-refractivity contribution in [2.45, 2.75) is 122 Å². The number of amides is 5. The number of hydrogen-bond acceptors (Lipinski definition) is 7. The number of alkyl halides is 3. The van der Waals surface area contributed by atoms with Crippen LogP contribution in [0.4, 0.5) is 13.2 Å². The fourth-order valence-electron chi connectivity index (χ4n) is 9.14. The quantitative estimate of drug-likeness (QED) is 0.0547. The molecule has 0 bridgehead atoms. The van der Waals surface area contributed by atoms with Crippen molar-refractivity contribution in [2.24, 2.45) is 18.7 Å². The normalized spacial score (nSPS) is 16.2. The van der Waals surface area contributed by atoms with Gasteiger partial charge in [0, 0.05) is 67.7 Å². The molecular formula is C51H66F3N9O5. The van der Waals surface area contributed by atoms with E-state index in [2.05, 4.69) is 26.4 Å². The molecule has 1 saturated carbocycles. The number of hydrogen-bond donors (Lipinski definition) is 5. The number of nitrogens with two attached hydrogens (primary N) is 1. The summed E-state index contributed by atoms with van der Waals surface area (Å²) in [4.78, 5) is 64.1. The van der Waals surface area contributed by atoms with Gasteiger partial charge in [0.15, 0.2) is 5.65 Å². The van der Waals surface area contributed by atoms with Crippen LogP contribution in [0.25, 0.3) is 27.6 Å². The summed E-state index contributed by atoms with van der Waals surface area (Å²) in [7, 11) is 1.77. The Kier molecular flexibility index (Phi) is 18.2. The minimum absolute atomic E-state index is 0.0946. The summed E-state index contributed by atoms with van der Waals surface area (Å²) in [5.74, 6) is -0.409. The fourth-order valence-corrected chi connectivity index (χ4v) is 9.14. The molecule has 1 aliphatic carbocycles. The lowest BCUT2D eigenvalue weighted by atomic mass is 9.86. The van der Waals surface area contributed by atoms with E-state index >= 15 is 0 Å². The van der Waals surface area contributed by atoms with Crippen LogP contribution >= 0.6 is 0 Å². The molecule has 7 rings (SSSR count). The standard InChI is InChI=1S/C27H31F3N6O2.C24H35N3O3/c1-17(24(31)37)32-13-5-3-4-6-14-33-26(38)18-7-12-23-21(15-18)22-16-35(2)34-25(22)36(23)20-10-8-19(9-11-20)27(28,29)30;1-2-25-23(29)20(16-18-10-5-3-6-11-18)26-24(30)21-14-9-15-27(21)22(28)17-19-12-7-4-8-13-19/h7-12,15-17,32H,3-6,13-14H2,1-2H3,(H2,31,37)(H,33,38);3,5-6,10-11,19-21H,2,4,7-9,12-17H2,1H3,(H,25,29)(H,26,30). The number of nitrogens with one attached hydrogen (secondary N) is 4. The molecule has 1 saturated heterocycles. The van der Waals surface area contributed by atoms with Crippen molar-refractivity contribution in [1.29, 1.82) is 0 Å². The van der Waals surface area contributed by atoms with Gasteiger partial charge in [-0.25, -0.2) is 0 Å². The predicted octanol–water partition coefficient (Wildman–Crippen LogP) is 7.10. The molecular weight excluding hydrogens is 876 g/mol. The molecule has 6 N–H and O–H groups in total. The Bertz CT molecular complexity index is 2480. The number of unbranched alkanes of at least 4 members (excludes halogenated alkanes) is 3. The molecule has 0 radical (unpaired) electrons. The van der Waals surface area contributed by atoms with Crippen LogP contribution in [-0.2, 0) is 38.8 Å². The summed E-state index contributed by atoms with van der Waals surface area (Å²) in [6.07, 6.45) is 9.46. The van der Waals surface area contributed by atoms with E-state index in [1.807, 2.05) is 43.5 Å². The average Bonchev–Trinajstić information content (AvgIpc) is 4.04. The molecule has 366 valence electrons. The summed E-state index contributed by atoms with van der Waals surface area (Å²) < 4.78 is 42.6. The number of halogens is 3. The maximum absolute atomic E-state index is 13.1. The van der Waals surface area contributed by atoms with Crippen LogP contribution < -0.4 is 27.0 Å². The SMILES string of the molecule is CC(NCCCCCCNC(=O)c1ccc2c(c1)c1cn(C)nc1n2-c1ccc(C(F)(F)F)cc1)C(N)=O.CCNC(=O)C(Cc1ccccc1)NC(=O)C1CCCN1C(=O)CC1CCCCC1. The van der Waals surface area contributed by atoms with Crippen molar-refractivity contribution in [3.63, 3.8) is 0 Å². The number of fused-ring (bicyclic) bond motifs is 3. The summed E-state index contributed by atoms with van der Waals surface area (Å²) in [6, 6.07) is 18.5. The van der Waals surface area contributed by atoms with Crippen molar-refractivity contribution < 1.29 is 37.1 Å². The Morgan fingerprint density at radius 2 is 1.54 bits per heavy atom. The van der Waals surface area contributed by atoms with Crippen molar-refractivity contribution in [2.75, 3.05) is 26.2 Å². The maximum Gasteiger partial charge on any atom is 0.416 e. The van der Waals surface area contributed by atoms with E-state index in [1.54, 1.807) is 46.3 Å². The molecule has 5 amide bonds. The molecule has 3 atom stereocenters. The number of likely N-dealkylation sites (tertiary alicyclic amines) is 1. The maximum atomic E-state index is 13.1. The summed E-state index contributed by atoms with van der Waals surface area (Å²) in [6.45, 7) is 5.99. The van der Waals surface area contributed by atoms with Gasteiger partial charge in [-0.1, -0.05) is 62.4 Å². The smallest absolute Gasteiger partial charge is 0.368 e. The summed E-state index contributed by atoms with van der Waals surface area (Å²) in [5, 5.41) is 17.9. The van der Waals surface area contributed by atoms with Crippen LogP contribution in [0.3, 0.4) is 0 Å². The molecule has 1 aliphatic heterocycles. The number of carbonyl (C=O) groups excluding carboxylic acids is 5. The lowest BCUT2D eigenvalue weighted by Gasteiger charge is -2.29. The Labute approximate surface area is 395 Å². The average molecular weight is 942 g/mol. The van der Waals surface area contributed by atoms with Gasteiger partial charge in [0.1, 0.15) is 12.1 Å². The van der Waals surface area contributed by atoms with Gasteiger partial charge in [-0.2, -0.15) is 18.3 Å². The van der Waals surface area contributed by atoms with Crippen molar-refractivity contribution in [3.05, 3.63) is 95.7 Å². The van der Waals surface area contributed by atoms with E-state index in [-0.39, 0.29) is 35.6 Å². The van der Waals surface area contributed by atoms with E-state index in [0.717, 1.165) is 78.9 Å². The van der Waals surface area contributed by atoms with Crippen LogP contribution in [0.2, 0.25) is 0 Å². The lowest BCUT2D eigenvalue weighted by Crippen LogP contribution is -2.54. The third kappa shape index (κ3) is 13.7. The van der Waals surface area contributed by atoms with Crippen LogP contribution in [0.15, 0.2) is 79.0 Å². The highest BCUT2D eigenvalue weighted by atomic mass is 19.4. The van der Waals surface area contributed by atoms with E-state index in [4.69, 9.17) is 5.73 Å². The number of rotatable bonds is 19. The zero-order chi connectivity index (χ0) is 48.8. The van der Waals surface area contributed by atoms with Crippen molar-refractivity contribution in [1.82, 2.24) is 40.5 Å². The van der Waals surface area contributed by atoms with Crippen LogP contribution in [-0.4, -0.2) is 93.1 Å². The van der Waals surface area contributed by atoms with E-state index < -0.39 is 23.8 Å². The van der Waals surface area contributed by atoms with Gasteiger partial charge >= 0.3 is 6.18 Å². The molecule has 2 fully saturated rings. The van der Waals surface area contributed by atoms with Gasteiger partial charge < -0.3 is 31.9 Å². The molecule has 68 heavy (non-hydrogen) atoms. The number of benzene rings is 3. The molecule has 5 aromatic rings. The van der Waals surface area contributed by atoms with Gasteiger partial charge in [-0.15, -0.1) is 0 Å². The number of carbonyl (C=O) groups is 5. The minimum atomic E-state index is -4.41.